The third-order valence-corrected chi connectivity index (χ3v) is 0.612. The molecule has 0 unspecified atom stereocenters. The van der Waals surface area contributed by atoms with Gasteiger partial charge in [0.05, 0.1) is 0 Å². The van der Waals surface area contributed by atoms with Gasteiger partial charge in [-0.1, -0.05) is 20.8 Å². The van der Waals surface area contributed by atoms with Gasteiger partial charge in [-0.15, -0.1) is 0 Å². The molecule has 60 valence electrons. The van der Waals surface area contributed by atoms with Gasteiger partial charge in [-0.25, -0.2) is 0 Å². The van der Waals surface area contributed by atoms with E-state index in [0.29, 0.717) is 0 Å². The molecule has 0 rings (SSSR count). The van der Waals surface area contributed by atoms with E-state index in [1.54, 1.807) is 27.8 Å². The lowest BCUT2D eigenvalue weighted by Gasteiger charge is -2.18. The van der Waals surface area contributed by atoms with Crippen LogP contribution >= 0.6 is 0 Å². The minimum Gasteiger partial charge on any atom is -0.550 e. The van der Waals surface area contributed by atoms with Gasteiger partial charge in [-0.3, -0.25) is 0 Å². The molecule has 0 spiro atoms. The molecule has 0 bridgehead atoms. The lowest BCUT2D eigenvalue weighted by molar-refractivity contribution is -0.316. The summed E-state index contributed by atoms with van der Waals surface area (Å²) < 4.78 is 0. The smallest absolute Gasteiger partial charge is 0.0467 e. The number of carbonyl (C=O) groups is 1. The molecule has 0 aliphatic rings. The van der Waals surface area contributed by atoms with Crippen molar-refractivity contribution in [2.45, 2.75) is 20.8 Å². The predicted molar refractivity (Wildman–Crippen MR) is 39.9 cm³/mol. The van der Waals surface area contributed by atoms with Gasteiger partial charge in [-0.05, 0) is 6.72 Å². The van der Waals surface area contributed by atoms with E-state index in [1.807, 2.05) is 0 Å². The zero-order valence-corrected chi connectivity index (χ0v) is 6.97. The lowest BCUT2D eigenvalue weighted by Crippen LogP contribution is -2.35. The van der Waals surface area contributed by atoms with Crippen molar-refractivity contribution in [3.8, 4) is 0 Å². The maximum Gasteiger partial charge on any atom is 0.0467 e. The second-order valence-corrected chi connectivity index (χ2v) is 2.85. The molecule has 0 fully saturated rings. The molecule has 0 N–H and O–H groups in total. The second kappa shape index (κ2) is 4.97. The number of rotatable bonds is 0. The Hall–Kier alpha value is -0.860. The number of carboxylic acids is 1. The van der Waals surface area contributed by atoms with Crippen molar-refractivity contribution >= 4 is 12.7 Å². The fourth-order valence-electron chi connectivity index (χ4n) is 0. The number of carbonyl (C=O) groups excluding carboxylic acids is 1. The molecule has 0 saturated heterocycles. The molecule has 3 nitrogen and oxygen atoms in total. The van der Waals surface area contributed by atoms with Gasteiger partial charge < -0.3 is 14.9 Å². The Morgan fingerprint density at radius 2 is 1.60 bits per heavy atom. The molecule has 0 atom stereocenters. The first-order valence-electron chi connectivity index (χ1n) is 2.92. The molecule has 0 aromatic rings. The van der Waals surface area contributed by atoms with Gasteiger partial charge in [-0.2, -0.15) is 0 Å². The maximum absolute atomic E-state index is 9.91. The summed E-state index contributed by atoms with van der Waals surface area (Å²) in [7, 11) is 1.64. The standard InChI is InChI=1S/C5H10O2.C2H5N/c1-5(2,3)4(6)7;1-3-2/h1-3H3,(H,6,7);1H2,2H3/p-1. The maximum atomic E-state index is 9.91. The Labute approximate surface area is 61.8 Å². The molecule has 0 aliphatic heterocycles. The van der Waals surface area contributed by atoms with Crippen LogP contribution in [-0.4, -0.2) is 19.7 Å². The third-order valence-electron chi connectivity index (χ3n) is 0.612. The highest BCUT2D eigenvalue weighted by molar-refractivity contribution is 5.70. The van der Waals surface area contributed by atoms with Crippen molar-refractivity contribution < 1.29 is 9.90 Å². The van der Waals surface area contributed by atoms with E-state index in [9.17, 15) is 9.90 Å². The zero-order chi connectivity index (χ0) is 8.78. The lowest BCUT2D eigenvalue weighted by atomic mass is 9.98. The van der Waals surface area contributed by atoms with Crippen molar-refractivity contribution in [1.82, 2.24) is 0 Å². The molecule has 3 heteroatoms. The first-order valence-corrected chi connectivity index (χ1v) is 2.92. The first kappa shape index (κ1) is 11.9. The van der Waals surface area contributed by atoms with Gasteiger partial charge >= 0.3 is 0 Å². The molecule has 0 amide bonds. The molecule has 0 radical (unpaired) electrons. The fourth-order valence-corrected chi connectivity index (χ4v) is 0. The Kier molecular flexibility index (Phi) is 5.90. The topological polar surface area (TPSA) is 52.5 Å². The predicted octanol–water partition coefficient (Wildman–Crippen LogP) is 0.0992. The van der Waals surface area contributed by atoms with Crippen LogP contribution in [0.15, 0.2) is 4.99 Å². The minimum atomic E-state index is -1.01. The molecule has 0 aliphatic carbocycles. The Morgan fingerprint density at radius 3 is 1.60 bits per heavy atom. The van der Waals surface area contributed by atoms with Crippen LogP contribution in [0.4, 0.5) is 0 Å². The Bertz CT molecular complexity index is 113. The summed E-state index contributed by atoms with van der Waals surface area (Å²) in [6, 6.07) is 0. The molecule has 0 aromatic heterocycles. The largest absolute Gasteiger partial charge is 0.550 e. The van der Waals surface area contributed by atoms with Crippen LogP contribution in [0.3, 0.4) is 0 Å². The van der Waals surface area contributed by atoms with Crippen LogP contribution in [0, 0.1) is 5.41 Å². The van der Waals surface area contributed by atoms with E-state index in [1.165, 1.54) is 0 Å². The van der Waals surface area contributed by atoms with Gasteiger partial charge in [0.15, 0.2) is 0 Å². The van der Waals surface area contributed by atoms with Gasteiger partial charge in [0, 0.05) is 18.4 Å². The van der Waals surface area contributed by atoms with Crippen LogP contribution in [0.25, 0.3) is 0 Å². The second-order valence-electron chi connectivity index (χ2n) is 2.85. The van der Waals surface area contributed by atoms with Crippen LogP contribution in [0.2, 0.25) is 0 Å². The summed E-state index contributed by atoms with van der Waals surface area (Å²) in [5.74, 6) is -1.01. The van der Waals surface area contributed by atoms with Gasteiger partial charge in [0.2, 0.25) is 0 Å². The average molecular weight is 144 g/mol. The van der Waals surface area contributed by atoms with Crippen molar-refractivity contribution in [3.63, 3.8) is 0 Å². The molecular weight excluding hydrogens is 130 g/mol. The summed E-state index contributed by atoms with van der Waals surface area (Å²) >= 11 is 0. The average Bonchev–Trinajstić information content (AvgIpc) is 1.64. The highest BCUT2D eigenvalue weighted by atomic mass is 16.4. The van der Waals surface area contributed by atoms with Crippen LogP contribution in [0.1, 0.15) is 20.8 Å². The zero-order valence-electron chi connectivity index (χ0n) is 6.97. The van der Waals surface area contributed by atoms with Crippen molar-refractivity contribution in [3.05, 3.63) is 0 Å². The summed E-state index contributed by atoms with van der Waals surface area (Å²) in [6.45, 7) is 7.91. The van der Waals surface area contributed by atoms with Crippen LogP contribution in [-0.2, 0) is 4.79 Å². The molecule has 0 saturated carbocycles. The van der Waals surface area contributed by atoms with E-state index in [-0.39, 0.29) is 0 Å². The number of carboxylic acid groups (broad SMARTS) is 1. The van der Waals surface area contributed by atoms with E-state index in [2.05, 4.69) is 11.7 Å². The Balaban J connectivity index is 0. The van der Waals surface area contributed by atoms with E-state index >= 15 is 0 Å². The number of hydrogen-bond acceptors (Lipinski definition) is 3. The number of hydrogen-bond donors (Lipinski definition) is 0. The first-order chi connectivity index (χ1) is 4.36. The molecular formula is C7H14NO2-. The SMILES string of the molecule is C=NC.CC(C)(C)C(=O)[O-]. The van der Waals surface area contributed by atoms with Gasteiger partial charge in [0.1, 0.15) is 0 Å². The summed E-state index contributed by atoms with van der Waals surface area (Å²) in [5, 5.41) is 9.91. The minimum absolute atomic E-state index is 0.694. The summed E-state index contributed by atoms with van der Waals surface area (Å²) in [4.78, 5) is 13.2. The highest BCUT2D eigenvalue weighted by Crippen LogP contribution is 2.09. The van der Waals surface area contributed by atoms with Crippen LogP contribution in [0.5, 0.6) is 0 Å². The monoisotopic (exact) mass is 144 g/mol. The number of aliphatic imine (C=N–C) groups is 1. The molecule has 10 heavy (non-hydrogen) atoms. The van der Waals surface area contributed by atoms with E-state index in [0.717, 1.165) is 0 Å². The quantitative estimate of drug-likeness (QED) is 0.453. The van der Waals surface area contributed by atoms with Crippen molar-refractivity contribution in [2.24, 2.45) is 10.4 Å². The Morgan fingerprint density at radius 1 is 1.50 bits per heavy atom. The van der Waals surface area contributed by atoms with Crippen LogP contribution < -0.4 is 5.11 Å². The fraction of sp³-hybridized carbons (Fsp3) is 0.714. The normalized spacial score (nSPS) is 9.20. The highest BCUT2D eigenvalue weighted by Gasteiger charge is 2.09. The van der Waals surface area contributed by atoms with E-state index in [4.69, 9.17) is 0 Å². The third kappa shape index (κ3) is 10.2. The summed E-state index contributed by atoms with van der Waals surface area (Å²) in [6.07, 6.45) is 0. The summed E-state index contributed by atoms with van der Waals surface area (Å²) in [5.41, 5.74) is -0.694. The molecule has 0 heterocycles. The number of aliphatic carboxylic acids is 1. The van der Waals surface area contributed by atoms with Gasteiger partial charge in [0.25, 0.3) is 0 Å². The van der Waals surface area contributed by atoms with E-state index < -0.39 is 11.4 Å². The number of nitrogens with zero attached hydrogens (tertiary/aromatic N) is 1. The van der Waals surface area contributed by atoms with Crippen molar-refractivity contribution in [2.75, 3.05) is 7.05 Å². The molecule has 0 aromatic carbocycles. The van der Waals surface area contributed by atoms with Crippen molar-refractivity contribution in [1.29, 1.82) is 0 Å².